The number of ether oxygens (including phenoxy) is 1. The predicted octanol–water partition coefficient (Wildman–Crippen LogP) is 3.88. The first kappa shape index (κ1) is 14.9. The molecule has 1 aromatic carbocycles. The van der Waals surface area contributed by atoms with E-state index in [1.807, 2.05) is 39.0 Å². The van der Waals surface area contributed by atoms with Gasteiger partial charge in [-0.15, -0.1) is 0 Å². The molecule has 2 heteroatoms. The zero-order chi connectivity index (χ0) is 13.8. The van der Waals surface area contributed by atoms with Gasteiger partial charge in [-0.1, -0.05) is 32.0 Å². The van der Waals surface area contributed by atoms with Crippen LogP contribution in [0.2, 0.25) is 0 Å². The fraction of sp³-hybridized carbons (Fsp3) is 0.562. The van der Waals surface area contributed by atoms with Crippen LogP contribution in [0, 0.1) is 5.92 Å². The summed E-state index contributed by atoms with van der Waals surface area (Å²) in [6, 6.07) is 7.86. The van der Waals surface area contributed by atoms with E-state index in [-0.39, 0.29) is 18.0 Å². The van der Waals surface area contributed by atoms with E-state index in [2.05, 4.69) is 19.9 Å². The molecule has 0 N–H and O–H groups in total. The SMILES string of the molecule is CC(C)Cc1cccc(C(=O)COC(C)(C)C)c1. The molecule has 0 saturated heterocycles. The summed E-state index contributed by atoms with van der Waals surface area (Å²) < 4.78 is 5.52. The summed E-state index contributed by atoms with van der Waals surface area (Å²) in [5, 5.41) is 0. The second kappa shape index (κ2) is 6.14. The third kappa shape index (κ3) is 5.46. The van der Waals surface area contributed by atoms with Gasteiger partial charge in [0.25, 0.3) is 0 Å². The highest BCUT2D eigenvalue weighted by Gasteiger charge is 2.14. The summed E-state index contributed by atoms with van der Waals surface area (Å²) in [6.07, 6.45) is 1.00. The van der Waals surface area contributed by atoms with E-state index in [0.717, 1.165) is 12.0 Å². The van der Waals surface area contributed by atoms with Crippen molar-refractivity contribution in [3.63, 3.8) is 0 Å². The number of carbonyl (C=O) groups is 1. The Labute approximate surface area is 110 Å². The van der Waals surface area contributed by atoms with Crippen molar-refractivity contribution in [2.45, 2.75) is 46.6 Å². The van der Waals surface area contributed by atoms with Crippen molar-refractivity contribution in [2.24, 2.45) is 5.92 Å². The van der Waals surface area contributed by atoms with Crippen molar-refractivity contribution >= 4 is 5.78 Å². The number of benzene rings is 1. The van der Waals surface area contributed by atoms with Gasteiger partial charge in [0.15, 0.2) is 5.78 Å². The van der Waals surface area contributed by atoms with Gasteiger partial charge in [0.1, 0.15) is 6.61 Å². The molecule has 0 atom stereocenters. The van der Waals surface area contributed by atoms with Crippen LogP contribution < -0.4 is 0 Å². The number of carbonyl (C=O) groups excluding carboxylic acids is 1. The van der Waals surface area contributed by atoms with Crippen LogP contribution in [-0.4, -0.2) is 18.0 Å². The Kier molecular flexibility index (Phi) is 5.09. The lowest BCUT2D eigenvalue weighted by atomic mass is 10.00. The first-order chi connectivity index (χ1) is 8.28. The molecule has 0 amide bonds. The molecule has 1 rings (SSSR count). The largest absolute Gasteiger partial charge is 0.368 e. The monoisotopic (exact) mass is 248 g/mol. The van der Waals surface area contributed by atoms with E-state index in [1.54, 1.807) is 0 Å². The minimum atomic E-state index is -0.273. The molecule has 0 fully saturated rings. The molecule has 0 bridgehead atoms. The van der Waals surface area contributed by atoms with Gasteiger partial charge in [0, 0.05) is 5.56 Å². The molecule has 0 aromatic heterocycles. The maximum atomic E-state index is 12.0. The number of ketones is 1. The molecule has 100 valence electrons. The number of rotatable bonds is 5. The molecule has 0 saturated carbocycles. The van der Waals surface area contributed by atoms with E-state index < -0.39 is 0 Å². The topological polar surface area (TPSA) is 26.3 Å². The lowest BCUT2D eigenvalue weighted by Crippen LogP contribution is -2.23. The van der Waals surface area contributed by atoms with Gasteiger partial charge >= 0.3 is 0 Å². The second-order valence-electron chi connectivity index (χ2n) is 6.12. The van der Waals surface area contributed by atoms with Crippen molar-refractivity contribution in [1.29, 1.82) is 0 Å². The maximum absolute atomic E-state index is 12.0. The Balaban J connectivity index is 2.68. The van der Waals surface area contributed by atoms with E-state index in [1.165, 1.54) is 5.56 Å². The van der Waals surface area contributed by atoms with E-state index >= 15 is 0 Å². The first-order valence-corrected chi connectivity index (χ1v) is 6.54. The van der Waals surface area contributed by atoms with E-state index in [9.17, 15) is 4.79 Å². The number of hydrogen-bond donors (Lipinski definition) is 0. The number of hydrogen-bond acceptors (Lipinski definition) is 2. The third-order valence-corrected chi connectivity index (χ3v) is 2.53. The fourth-order valence-electron chi connectivity index (χ4n) is 1.71. The molecule has 1 aromatic rings. The Morgan fingerprint density at radius 1 is 1.28 bits per heavy atom. The lowest BCUT2D eigenvalue weighted by Gasteiger charge is -2.18. The Bertz CT molecular complexity index is 400. The molecule has 0 heterocycles. The maximum Gasteiger partial charge on any atom is 0.188 e. The van der Waals surface area contributed by atoms with Crippen LogP contribution in [0.15, 0.2) is 24.3 Å². The Morgan fingerprint density at radius 3 is 2.50 bits per heavy atom. The molecule has 0 unspecified atom stereocenters. The van der Waals surface area contributed by atoms with Gasteiger partial charge in [0.2, 0.25) is 0 Å². The van der Waals surface area contributed by atoms with Gasteiger partial charge in [-0.3, -0.25) is 4.79 Å². The van der Waals surface area contributed by atoms with Crippen LogP contribution in [0.4, 0.5) is 0 Å². The Morgan fingerprint density at radius 2 is 1.94 bits per heavy atom. The predicted molar refractivity (Wildman–Crippen MR) is 75.0 cm³/mol. The quantitative estimate of drug-likeness (QED) is 0.739. The summed E-state index contributed by atoms with van der Waals surface area (Å²) in [7, 11) is 0. The molecule has 18 heavy (non-hydrogen) atoms. The van der Waals surface area contributed by atoms with Crippen LogP contribution in [0.5, 0.6) is 0 Å². The van der Waals surface area contributed by atoms with E-state index in [4.69, 9.17) is 4.74 Å². The van der Waals surface area contributed by atoms with Crippen molar-refractivity contribution < 1.29 is 9.53 Å². The van der Waals surface area contributed by atoms with Crippen molar-refractivity contribution in [3.05, 3.63) is 35.4 Å². The molecule has 0 radical (unpaired) electrons. The molecule has 0 aliphatic heterocycles. The highest BCUT2D eigenvalue weighted by molar-refractivity contribution is 5.97. The van der Waals surface area contributed by atoms with Crippen LogP contribution in [0.3, 0.4) is 0 Å². The first-order valence-electron chi connectivity index (χ1n) is 6.54. The zero-order valence-corrected chi connectivity index (χ0v) is 12.1. The van der Waals surface area contributed by atoms with Gasteiger partial charge in [-0.05, 0) is 44.7 Å². The zero-order valence-electron chi connectivity index (χ0n) is 12.1. The van der Waals surface area contributed by atoms with Gasteiger partial charge in [-0.2, -0.15) is 0 Å². The van der Waals surface area contributed by atoms with Crippen LogP contribution >= 0.6 is 0 Å². The van der Waals surface area contributed by atoms with Gasteiger partial charge in [0.05, 0.1) is 5.60 Å². The molecule has 0 aliphatic carbocycles. The standard InChI is InChI=1S/C16H24O2/c1-12(2)9-13-7-6-8-14(10-13)15(17)11-18-16(3,4)5/h6-8,10,12H,9,11H2,1-5H3. The average Bonchev–Trinajstić information content (AvgIpc) is 2.24. The van der Waals surface area contributed by atoms with Crippen molar-refractivity contribution in [1.82, 2.24) is 0 Å². The highest BCUT2D eigenvalue weighted by Crippen LogP contribution is 2.13. The average molecular weight is 248 g/mol. The summed E-state index contributed by atoms with van der Waals surface area (Å²) in [6.45, 7) is 10.4. The lowest BCUT2D eigenvalue weighted by molar-refractivity contribution is 0.00306. The fourth-order valence-corrected chi connectivity index (χ4v) is 1.71. The summed E-state index contributed by atoms with van der Waals surface area (Å²) in [5.41, 5.74) is 1.69. The number of Topliss-reactive ketones (excluding diaryl/α,β-unsaturated/α-hetero) is 1. The highest BCUT2D eigenvalue weighted by atomic mass is 16.5. The molecular formula is C16H24O2. The van der Waals surface area contributed by atoms with Gasteiger partial charge in [-0.25, -0.2) is 0 Å². The van der Waals surface area contributed by atoms with Crippen molar-refractivity contribution in [2.75, 3.05) is 6.61 Å². The normalized spacial score (nSPS) is 11.9. The molecule has 0 spiro atoms. The van der Waals surface area contributed by atoms with Crippen LogP contribution in [0.25, 0.3) is 0 Å². The third-order valence-electron chi connectivity index (χ3n) is 2.53. The summed E-state index contributed by atoms with van der Waals surface area (Å²) in [5.74, 6) is 0.650. The van der Waals surface area contributed by atoms with E-state index in [0.29, 0.717) is 5.92 Å². The Hall–Kier alpha value is -1.15. The minimum absolute atomic E-state index is 0.0514. The molecule has 0 aliphatic rings. The molecule has 2 nitrogen and oxygen atoms in total. The summed E-state index contributed by atoms with van der Waals surface area (Å²) in [4.78, 5) is 12.0. The van der Waals surface area contributed by atoms with Crippen molar-refractivity contribution in [3.8, 4) is 0 Å². The van der Waals surface area contributed by atoms with Crippen LogP contribution in [0.1, 0.15) is 50.5 Å². The smallest absolute Gasteiger partial charge is 0.188 e. The minimum Gasteiger partial charge on any atom is -0.368 e. The second-order valence-corrected chi connectivity index (χ2v) is 6.12. The summed E-state index contributed by atoms with van der Waals surface area (Å²) >= 11 is 0. The van der Waals surface area contributed by atoms with Crippen LogP contribution in [-0.2, 0) is 11.2 Å². The van der Waals surface area contributed by atoms with Gasteiger partial charge < -0.3 is 4.74 Å². The molecular weight excluding hydrogens is 224 g/mol.